The maximum Gasteiger partial charge on any atom is 0.417 e. The van der Waals surface area contributed by atoms with Gasteiger partial charge in [-0.1, -0.05) is 103 Å². The van der Waals surface area contributed by atoms with Gasteiger partial charge in [0.2, 0.25) is 5.91 Å². The highest BCUT2D eigenvalue weighted by molar-refractivity contribution is 6.32. The first kappa shape index (κ1) is 38.4. The van der Waals surface area contributed by atoms with Gasteiger partial charge in [-0.25, -0.2) is 0 Å². The minimum atomic E-state index is -4.54. The topological polar surface area (TPSA) is 54.5 Å². The van der Waals surface area contributed by atoms with Crippen LogP contribution in [0.3, 0.4) is 0 Å². The van der Waals surface area contributed by atoms with E-state index in [4.69, 9.17) is 16.3 Å². The Bertz CT molecular complexity index is 1720. The summed E-state index contributed by atoms with van der Waals surface area (Å²) >= 11 is 6.35. The zero-order chi connectivity index (χ0) is 34.5. The van der Waals surface area contributed by atoms with E-state index in [0.717, 1.165) is 28.5 Å². The Labute approximate surface area is 302 Å². The van der Waals surface area contributed by atoms with Crippen LogP contribution in [0.15, 0.2) is 128 Å². The number of carbonyl (C=O) groups is 1. The molecule has 5 aromatic rings. The standard InChI is InChI=1S/C40H39ClF3N3O2.ClH/c41-39-33(17-10-20-37(39)40(42,43)44)28-47(29-36(31-13-3-1-4-14-31)32-15-5-2-6-16-32)24-11-25-49-35-19-9-12-30(26-35)27-38(48)46-23-21-34-18-7-8-22-45-34;/h1-10,12-20,22,26,36H,11,21,23-25,27-29H2,(H,46,48);1H. The largest absolute Gasteiger partial charge is 0.494 e. The van der Waals surface area contributed by atoms with Crippen molar-refractivity contribution in [2.75, 3.05) is 26.2 Å². The number of ether oxygens (including phenoxy) is 1. The molecule has 0 saturated heterocycles. The number of amides is 1. The van der Waals surface area contributed by atoms with Gasteiger partial charge in [0.05, 0.1) is 23.6 Å². The fourth-order valence-corrected chi connectivity index (χ4v) is 6.07. The first-order valence-corrected chi connectivity index (χ1v) is 16.7. The monoisotopic (exact) mass is 721 g/mol. The number of rotatable bonds is 16. The van der Waals surface area contributed by atoms with E-state index in [1.807, 2.05) is 78.9 Å². The van der Waals surface area contributed by atoms with Crippen molar-refractivity contribution in [2.45, 2.75) is 37.9 Å². The van der Waals surface area contributed by atoms with Crippen LogP contribution in [-0.2, 0) is 30.4 Å². The van der Waals surface area contributed by atoms with Gasteiger partial charge in [-0.15, -0.1) is 12.4 Å². The van der Waals surface area contributed by atoms with E-state index in [0.29, 0.717) is 50.4 Å². The molecule has 0 unspecified atom stereocenters. The number of hydrogen-bond acceptors (Lipinski definition) is 4. The molecule has 0 atom stereocenters. The smallest absolute Gasteiger partial charge is 0.417 e. The van der Waals surface area contributed by atoms with E-state index in [9.17, 15) is 18.0 Å². The third kappa shape index (κ3) is 11.6. The Morgan fingerprint density at radius 1 is 0.860 bits per heavy atom. The highest BCUT2D eigenvalue weighted by Crippen LogP contribution is 2.37. The van der Waals surface area contributed by atoms with Crippen LogP contribution in [0, 0.1) is 0 Å². The van der Waals surface area contributed by atoms with Gasteiger partial charge in [-0.3, -0.25) is 14.7 Å². The molecule has 0 radical (unpaired) electrons. The number of carbonyl (C=O) groups excluding carboxylic acids is 1. The lowest BCUT2D eigenvalue weighted by Crippen LogP contribution is -2.31. The molecule has 4 aromatic carbocycles. The van der Waals surface area contributed by atoms with Crippen molar-refractivity contribution in [1.82, 2.24) is 15.2 Å². The second kappa shape index (κ2) is 19.1. The highest BCUT2D eigenvalue weighted by atomic mass is 35.5. The summed E-state index contributed by atoms with van der Waals surface area (Å²) in [6.45, 7) is 2.24. The number of benzene rings is 4. The van der Waals surface area contributed by atoms with Crippen LogP contribution in [0.2, 0.25) is 5.02 Å². The van der Waals surface area contributed by atoms with Crippen LogP contribution in [0.5, 0.6) is 5.75 Å². The molecule has 1 N–H and O–H groups in total. The third-order valence-corrected chi connectivity index (χ3v) is 8.65. The average molecular weight is 723 g/mol. The summed E-state index contributed by atoms with van der Waals surface area (Å²) in [6, 6.07) is 37.4. The number of nitrogens with zero attached hydrogens (tertiary/aromatic N) is 2. The molecule has 10 heteroatoms. The molecule has 0 aliphatic carbocycles. The maximum atomic E-state index is 13.7. The van der Waals surface area contributed by atoms with Gasteiger partial charge in [0.1, 0.15) is 5.75 Å². The van der Waals surface area contributed by atoms with Crippen LogP contribution >= 0.6 is 24.0 Å². The molecular weight excluding hydrogens is 682 g/mol. The van der Waals surface area contributed by atoms with Crippen molar-refractivity contribution in [3.05, 3.63) is 166 Å². The summed E-state index contributed by atoms with van der Waals surface area (Å²) in [7, 11) is 0. The summed E-state index contributed by atoms with van der Waals surface area (Å²) in [5.41, 5.74) is 3.57. The Balaban J connectivity index is 0.00000562. The Morgan fingerprint density at radius 2 is 1.54 bits per heavy atom. The normalized spacial score (nSPS) is 11.3. The third-order valence-electron chi connectivity index (χ3n) is 8.20. The van der Waals surface area contributed by atoms with Gasteiger partial charge in [0.15, 0.2) is 0 Å². The predicted molar refractivity (Wildman–Crippen MR) is 195 cm³/mol. The van der Waals surface area contributed by atoms with Crippen molar-refractivity contribution < 1.29 is 22.7 Å². The Morgan fingerprint density at radius 3 is 2.20 bits per heavy atom. The lowest BCUT2D eigenvalue weighted by molar-refractivity contribution is -0.137. The Hall–Kier alpha value is -4.37. The van der Waals surface area contributed by atoms with Crippen LogP contribution in [-0.4, -0.2) is 42.0 Å². The van der Waals surface area contributed by atoms with E-state index in [1.54, 1.807) is 12.3 Å². The molecule has 0 fully saturated rings. The van der Waals surface area contributed by atoms with Gasteiger partial charge in [-0.05, 0) is 59.0 Å². The SMILES string of the molecule is Cl.O=C(Cc1cccc(OCCCN(Cc2cccc(C(F)(F)F)c2Cl)CC(c2ccccc2)c2ccccc2)c1)NCCc1ccccn1. The second-order valence-corrected chi connectivity index (χ2v) is 12.2. The number of halogens is 5. The minimum Gasteiger partial charge on any atom is -0.494 e. The fourth-order valence-electron chi connectivity index (χ4n) is 5.78. The molecule has 0 spiro atoms. The zero-order valence-electron chi connectivity index (χ0n) is 27.5. The highest BCUT2D eigenvalue weighted by Gasteiger charge is 2.34. The summed E-state index contributed by atoms with van der Waals surface area (Å²) in [5, 5.41) is 2.67. The molecule has 0 saturated carbocycles. The van der Waals surface area contributed by atoms with E-state index < -0.39 is 11.7 Å². The van der Waals surface area contributed by atoms with E-state index in [-0.39, 0.29) is 42.2 Å². The maximum absolute atomic E-state index is 13.7. The van der Waals surface area contributed by atoms with Gasteiger partial charge >= 0.3 is 6.18 Å². The number of alkyl halides is 3. The average Bonchev–Trinajstić information content (AvgIpc) is 3.10. The summed E-state index contributed by atoms with van der Waals surface area (Å²) in [5.74, 6) is 0.556. The molecule has 1 heterocycles. The van der Waals surface area contributed by atoms with Crippen molar-refractivity contribution >= 4 is 29.9 Å². The van der Waals surface area contributed by atoms with Crippen molar-refractivity contribution in [1.29, 1.82) is 0 Å². The minimum absolute atomic E-state index is 0. The lowest BCUT2D eigenvalue weighted by atomic mass is 9.90. The predicted octanol–water partition coefficient (Wildman–Crippen LogP) is 9.18. The van der Waals surface area contributed by atoms with E-state index in [2.05, 4.69) is 39.5 Å². The van der Waals surface area contributed by atoms with Crippen LogP contribution in [0.4, 0.5) is 13.2 Å². The number of aromatic nitrogens is 1. The van der Waals surface area contributed by atoms with E-state index in [1.165, 1.54) is 6.07 Å². The number of nitrogens with one attached hydrogen (secondary N) is 1. The molecule has 0 aliphatic heterocycles. The quantitative estimate of drug-likeness (QED) is 0.103. The first-order valence-electron chi connectivity index (χ1n) is 16.3. The second-order valence-electron chi connectivity index (χ2n) is 11.8. The van der Waals surface area contributed by atoms with E-state index >= 15 is 0 Å². The molecule has 5 rings (SSSR count). The van der Waals surface area contributed by atoms with Gasteiger partial charge in [0.25, 0.3) is 0 Å². The summed E-state index contributed by atoms with van der Waals surface area (Å²) in [6.07, 6.45) is -1.31. The van der Waals surface area contributed by atoms with Gasteiger partial charge < -0.3 is 10.1 Å². The molecular formula is C40H40Cl2F3N3O2. The fraction of sp³-hybridized carbons (Fsp3) is 0.250. The van der Waals surface area contributed by atoms with Crippen molar-refractivity contribution in [3.8, 4) is 5.75 Å². The molecule has 50 heavy (non-hydrogen) atoms. The molecule has 5 nitrogen and oxygen atoms in total. The summed E-state index contributed by atoms with van der Waals surface area (Å²) < 4.78 is 47.2. The van der Waals surface area contributed by atoms with Crippen molar-refractivity contribution in [2.24, 2.45) is 0 Å². The first-order chi connectivity index (χ1) is 23.8. The van der Waals surface area contributed by atoms with Crippen LogP contribution in [0.1, 0.15) is 45.8 Å². The van der Waals surface area contributed by atoms with Crippen LogP contribution in [0.25, 0.3) is 0 Å². The molecule has 262 valence electrons. The molecule has 1 amide bonds. The number of pyridine rings is 1. The molecule has 1 aromatic heterocycles. The lowest BCUT2D eigenvalue weighted by Gasteiger charge is -2.29. The van der Waals surface area contributed by atoms with Crippen LogP contribution < -0.4 is 10.1 Å². The number of hydrogen-bond donors (Lipinski definition) is 1. The summed E-state index contributed by atoms with van der Waals surface area (Å²) in [4.78, 5) is 19.0. The molecule has 0 aliphatic rings. The zero-order valence-corrected chi connectivity index (χ0v) is 29.1. The Kier molecular flexibility index (Phi) is 14.7. The van der Waals surface area contributed by atoms with Gasteiger partial charge in [-0.2, -0.15) is 13.2 Å². The molecule has 0 bridgehead atoms. The van der Waals surface area contributed by atoms with Gasteiger partial charge in [0, 0.05) is 50.4 Å². The van der Waals surface area contributed by atoms with Crippen molar-refractivity contribution in [3.63, 3.8) is 0 Å².